The third-order valence-electron chi connectivity index (χ3n) is 3.69. The summed E-state index contributed by atoms with van der Waals surface area (Å²) in [6.07, 6.45) is 3.73. The molecule has 2 aromatic rings. The summed E-state index contributed by atoms with van der Waals surface area (Å²) in [5, 5.41) is 26.4. The largest absolute Gasteiger partial charge is 0.301 e. The highest BCUT2D eigenvalue weighted by molar-refractivity contribution is 6.02. The van der Waals surface area contributed by atoms with Gasteiger partial charge in [-0.15, -0.1) is 0 Å². The Bertz CT molecular complexity index is 900. The van der Waals surface area contributed by atoms with Gasteiger partial charge in [-0.1, -0.05) is 57.2 Å². The smallest absolute Gasteiger partial charge is 0.271 e. The van der Waals surface area contributed by atoms with Crippen molar-refractivity contribution in [3.8, 4) is 0 Å². The predicted octanol–water partition coefficient (Wildman–Crippen LogP) is 5.03. The maximum absolute atomic E-state index is 11.2. The summed E-state index contributed by atoms with van der Waals surface area (Å²) in [5.74, 6) is 0. The Hall–Kier alpha value is -3.55. The summed E-state index contributed by atoms with van der Waals surface area (Å²) in [4.78, 5) is 20.7. The van der Waals surface area contributed by atoms with Gasteiger partial charge in [0.2, 0.25) is 0 Å². The highest BCUT2D eigenvalue weighted by atomic mass is 16.6. The van der Waals surface area contributed by atoms with Crippen molar-refractivity contribution in [3.63, 3.8) is 0 Å². The summed E-state index contributed by atoms with van der Waals surface area (Å²) in [7, 11) is 0. The predicted molar refractivity (Wildman–Crippen MR) is 106 cm³/mol. The first-order valence-corrected chi connectivity index (χ1v) is 8.18. The molecule has 140 valence electrons. The van der Waals surface area contributed by atoms with E-state index in [1.54, 1.807) is 0 Å². The molecule has 0 unspecified atom stereocenters. The lowest BCUT2D eigenvalue weighted by molar-refractivity contribution is -0.393. The van der Waals surface area contributed by atoms with Gasteiger partial charge in [-0.25, -0.2) is 0 Å². The normalized spacial score (nSPS) is 12.2. The second-order valence-electron chi connectivity index (χ2n) is 6.82. The van der Waals surface area contributed by atoms with Gasteiger partial charge in [0.25, 0.3) is 5.69 Å². The molecule has 0 saturated carbocycles. The number of nitrogens with zero attached hydrogens (tertiary/aromatic N) is 3. The number of hydrogen-bond acceptors (Lipinski definition) is 6. The average molecular weight is 368 g/mol. The Morgan fingerprint density at radius 3 is 2.26 bits per heavy atom. The van der Waals surface area contributed by atoms with Crippen LogP contribution in [0.5, 0.6) is 0 Å². The SMILES string of the molecule is CC(C)(C)C(/C=C/c1ccccc1)=N\Nc1ccc([N+](=O)[O-])cc1[N+](=O)[O-]. The second kappa shape index (κ2) is 8.22. The molecule has 0 amide bonds. The molecule has 0 fully saturated rings. The molecule has 8 heteroatoms. The molecule has 27 heavy (non-hydrogen) atoms. The summed E-state index contributed by atoms with van der Waals surface area (Å²) in [6, 6.07) is 13.1. The topological polar surface area (TPSA) is 111 Å². The highest BCUT2D eigenvalue weighted by Crippen LogP contribution is 2.29. The van der Waals surface area contributed by atoms with Gasteiger partial charge in [0.05, 0.1) is 21.6 Å². The highest BCUT2D eigenvalue weighted by Gasteiger charge is 2.21. The van der Waals surface area contributed by atoms with Crippen molar-refractivity contribution >= 4 is 28.8 Å². The molecule has 0 atom stereocenters. The van der Waals surface area contributed by atoms with Crippen molar-refractivity contribution in [2.45, 2.75) is 20.8 Å². The summed E-state index contributed by atoms with van der Waals surface area (Å²) >= 11 is 0. The Morgan fingerprint density at radius 1 is 1.04 bits per heavy atom. The third kappa shape index (κ3) is 5.46. The molecular weight excluding hydrogens is 348 g/mol. The first-order valence-electron chi connectivity index (χ1n) is 8.18. The third-order valence-corrected chi connectivity index (χ3v) is 3.69. The van der Waals surface area contributed by atoms with Gasteiger partial charge < -0.3 is 0 Å². The van der Waals surface area contributed by atoms with Crippen molar-refractivity contribution in [1.82, 2.24) is 0 Å². The minimum Gasteiger partial charge on any atom is -0.271 e. The number of non-ortho nitro benzene ring substituents is 1. The van der Waals surface area contributed by atoms with E-state index in [1.807, 2.05) is 63.3 Å². The average Bonchev–Trinajstić information content (AvgIpc) is 2.61. The standard InChI is InChI=1S/C19H20N4O4/c1-19(2,3)18(12-9-14-7-5-4-6-8-14)21-20-16-11-10-15(22(24)25)13-17(16)23(26)27/h4-13,20H,1-3H3/b12-9+,21-18-. The summed E-state index contributed by atoms with van der Waals surface area (Å²) < 4.78 is 0. The number of rotatable bonds is 6. The van der Waals surface area contributed by atoms with E-state index in [0.29, 0.717) is 5.71 Å². The monoisotopic (exact) mass is 368 g/mol. The van der Waals surface area contributed by atoms with Gasteiger partial charge >= 0.3 is 5.69 Å². The van der Waals surface area contributed by atoms with Gasteiger partial charge in [-0.2, -0.15) is 5.10 Å². The second-order valence-corrected chi connectivity index (χ2v) is 6.82. The zero-order chi connectivity index (χ0) is 20.0. The van der Waals surface area contributed by atoms with Crippen LogP contribution in [0.4, 0.5) is 17.1 Å². The molecule has 0 saturated heterocycles. The molecule has 2 aromatic carbocycles. The first-order chi connectivity index (χ1) is 12.7. The van der Waals surface area contributed by atoms with E-state index in [2.05, 4.69) is 10.5 Å². The number of allylic oxidation sites excluding steroid dienone is 1. The van der Waals surface area contributed by atoms with Crippen LogP contribution >= 0.6 is 0 Å². The maximum Gasteiger partial charge on any atom is 0.301 e. The van der Waals surface area contributed by atoms with Crippen LogP contribution in [-0.4, -0.2) is 15.6 Å². The van der Waals surface area contributed by atoms with Crippen LogP contribution in [-0.2, 0) is 0 Å². The molecule has 0 aliphatic carbocycles. The molecule has 8 nitrogen and oxygen atoms in total. The minimum atomic E-state index is -0.679. The van der Waals surface area contributed by atoms with Crippen molar-refractivity contribution < 1.29 is 9.85 Å². The maximum atomic E-state index is 11.2. The lowest BCUT2D eigenvalue weighted by Gasteiger charge is -2.18. The molecule has 0 spiro atoms. The van der Waals surface area contributed by atoms with E-state index >= 15 is 0 Å². The zero-order valence-corrected chi connectivity index (χ0v) is 15.2. The van der Waals surface area contributed by atoms with Crippen molar-refractivity contribution in [1.29, 1.82) is 0 Å². The fourth-order valence-electron chi connectivity index (χ4n) is 2.19. The molecule has 2 rings (SSSR count). The molecule has 0 heterocycles. The summed E-state index contributed by atoms with van der Waals surface area (Å²) in [6.45, 7) is 5.90. The van der Waals surface area contributed by atoms with Gasteiger partial charge in [0.15, 0.2) is 0 Å². The fourth-order valence-corrected chi connectivity index (χ4v) is 2.19. The molecular formula is C19H20N4O4. The number of nitro groups is 2. The Balaban J connectivity index is 2.35. The van der Waals surface area contributed by atoms with E-state index in [1.165, 1.54) is 12.1 Å². The fraction of sp³-hybridized carbons (Fsp3) is 0.211. The Morgan fingerprint density at radius 2 is 1.70 bits per heavy atom. The van der Waals surface area contributed by atoms with Crippen LogP contribution in [0.3, 0.4) is 0 Å². The lowest BCUT2D eigenvalue weighted by atomic mass is 9.89. The number of hydrogen-bond donors (Lipinski definition) is 1. The van der Waals surface area contributed by atoms with E-state index in [4.69, 9.17) is 0 Å². The molecule has 1 N–H and O–H groups in total. The van der Waals surface area contributed by atoms with E-state index < -0.39 is 15.5 Å². The zero-order valence-electron chi connectivity index (χ0n) is 15.2. The molecule has 0 radical (unpaired) electrons. The quantitative estimate of drug-likeness (QED) is 0.437. The number of nitrogens with one attached hydrogen (secondary N) is 1. The van der Waals surface area contributed by atoms with E-state index in [9.17, 15) is 20.2 Å². The molecule has 0 bridgehead atoms. The van der Waals surface area contributed by atoms with Crippen LogP contribution in [0.1, 0.15) is 26.3 Å². The molecule has 0 aliphatic heterocycles. The van der Waals surface area contributed by atoms with Crippen LogP contribution in [0.2, 0.25) is 0 Å². The van der Waals surface area contributed by atoms with Crippen LogP contribution in [0.15, 0.2) is 59.7 Å². The number of hydrazone groups is 1. The van der Waals surface area contributed by atoms with Crippen LogP contribution in [0, 0.1) is 25.6 Å². The number of anilines is 1. The van der Waals surface area contributed by atoms with Gasteiger partial charge in [-0.05, 0) is 17.7 Å². The van der Waals surface area contributed by atoms with Crippen LogP contribution in [0.25, 0.3) is 6.08 Å². The van der Waals surface area contributed by atoms with Crippen molar-refractivity contribution in [2.75, 3.05) is 5.43 Å². The first kappa shape index (κ1) is 19.8. The Kier molecular flexibility index (Phi) is 6.02. The molecule has 0 aliphatic rings. The van der Waals surface area contributed by atoms with E-state index in [-0.39, 0.29) is 16.8 Å². The van der Waals surface area contributed by atoms with Crippen LogP contribution < -0.4 is 5.43 Å². The number of benzene rings is 2. The van der Waals surface area contributed by atoms with Crippen molar-refractivity contribution in [2.24, 2.45) is 10.5 Å². The van der Waals surface area contributed by atoms with Gasteiger partial charge in [0.1, 0.15) is 5.69 Å². The molecule has 0 aromatic heterocycles. The van der Waals surface area contributed by atoms with Gasteiger partial charge in [-0.3, -0.25) is 25.7 Å². The number of nitro benzene ring substituents is 2. The van der Waals surface area contributed by atoms with E-state index in [0.717, 1.165) is 11.6 Å². The summed E-state index contributed by atoms with van der Waals surface area (Å²) in [5.41, 5.74) is 3.34. The van der Waals surface area contributed by atoms with Gasteiger partial charge in [0, 0.05) is 11.5 Å². The lowest BCUT2D eigenvalue weighted by Crippen LogP contribution is -2.19. The van der Waals surface area contributed by atoms with Crippen molar-refractivity contribution in [3.05, 3.63) is 80.4 Å². The minimum absolute atomic E-state index is 0.0838. The Labute approximate surface area is 156 Å².